The first kappa shape index (κ1) is 22.3. The molecule has 1 spiro atoms. The third kappa shape index (κ3) is 2.50. The van der Waals surface area contributed by atoms with Crippen molar-refractivity contribution in [3.63, 3.8) is 0 Å². The van der Waals surface area contributed by atoms with Crippen LogP contribution in [-0.2, 0) is 35.0 Å². The average Bonchev–Trinajstić information content (AvgIpc) is 3.16. The number of aryl methyl sites for hydroxylation is 1. The van der Waals surface area contributed by atoms with Gasteiger partial charge in [0.05, 0.1) is 5.41 Å². The Balaban J connectivity index is 1.52. The van der Waals surface area contributed by atoms with Gasteiger partial charge in [-0.1, -0.05) is 37.3 Å². The van der Waals surface area contributed by atoms with E-state index < -0.39 is 64.2 Å². The third-order valence-corrected chi connectivity index (χ3v) is 8.80. The summed E-state index contributed by atoms with van der Waals surface area (Å²) >= 11 is 0. The highest BCUT2D eigenvalue weighted by Crippen LogP contribution is 2.72. The number of benzene rings is 1. The van der Waals surface area contributed by atoms with Gasteiger partial charge in [0.15, 0.2) is 6.10 Å². The molecule has 2 aliphatic heterocycles. The summed E-state index contributed by atoms with van der Waals surface area (Å²) in [5.41, 5.74) is -6.66. The largest absolute Gasteiger partial charge is 0.463 e. The third-order valence-electron chi connectivity index (χ3n) is 8.80. The first-order valence-corrected chi connectivity index (χ1v) is 11.3. The molecule has 8 atom stereocenters. The first-order valence-electron chi connectivity index (χ1n) is 11.3. The fraction of sp³-hybridized carbons (Fsp3) is 0.625. The quantitative estimate of drug-likeness (QED) is 0.427. The molecule has 178 valence electrons. The molecule has 4 fully saturated rings. The minimum Gasteiger partial charge on any atom is -0.463 e. The number of aliphatic hydroxyl groups excluding tert-OH is 1. The van der Waals surface area contributed by atoms with Crippen LogP contribution >= 0.6 is 0 Å². The second-order valence-corrected chi connectivity index (χ2v) is 10.1. The summed E-state index contributed by atoms with van der Waals surface area (Å²) in [7, 11) is 0. The maximum absolute atomic E-state index is 12.8. The summed E-state index contributed by atoms with van der Waals surface area (Å²) < 4.78 is 16.2. The molecule has 2 heterocycles. The number of carbonyl (C=O) groups is 3. The zero-order valence-electron chi connectivity index (χ0n) is 18.5. The topological polar surface area (TPSA) is 140 Å². The maximum atomic E-state index is 12.8. The number of rotatable bonds is 4. The van der Waals surface area contributed by atoms with Crippen LogP contribution < -0.4 is 0 Å². The van der Waals surface area contributed by atoms with E-state index >= 15 is 0 Å². The molecule has 0 aromatic heterocycles. The minimum absolute atomic E-state index is 0.0572. The molecule has 1 aromatic rings. The van der Waals surface area contributed by atoms with Gasteiger partial charge in [0, 0.05) is 11.8 Å². The van der Waals surface area contributed by atoms with Gasteiger partial charge in [-0.15, -0.1) is 0 Å². The monoisotopic (exact) mass is 460 g/mol. The zero-order chi connectivity index (χ0) is 23.8. The van der Waals surface area contributed by atoms with Crippen LogP contribution in [0.15, 0.2) is 30.3 Å². The molecule has 2 saturated carbocycles. The van der Waals surface area contributed by atoms with Crippen LogP contribution in [0.25, 0.3) is 0 Å². The van der Waals surface area contributed by atoms with Crippen molar-refractivity contribution in [2.75, 3.05) is 6.61 Å². The number of esters is 3. The van der Waals surface area contributed by atoms with Crippen LogP contribution in [0.4, 0.5) is 0 Å². The summed E-state index contributed by atoms with van der Waals surface area (Å²) in [6, 6.07) is 9.39. The summed E-state index contributed by atoms with van der Waals surface area (Å²) in [6.07, 6.45) is -3.68. The number of carbonyl (C=O) groups excluding carboxylic acids is 3. The Morgan fingerprint density at radius 2 is 1.91 bits per heavy atom. The van der Waals surface area contributed by atoms with Gasteiger partial charge in [0.25, 0.3) is 0 Å². The van der Waals surface area contributed by atoms with E-state index in [0.717, 1.165) is 5.56 Å². The van der Waals surface area contributed by atoms with E-state index in [-0.39, 0.29) is 25.9 Å². The minimum atomic E-state index is -2.33. The Morgan fingerprint density at radius 3 is 2.61 bits per heavy atom. The standard InChI is InChI=1S/C24H28O9/c1-13-10-15(32-17(25)9-8-14-6-4-3-5-7-14)24(30)21(2)12-31-20(28)23(21,29)16-11-22(13,24)18(26)19(27)33-16/h3-7,13,15-16,18,26,29-30H,8-12H2,1-2H3/t13-,15-,16-,18+,21-,22+,23-,24+/m1/s1. The molecular formula is C24H28O9. The summed E-state index contributed by atoms with van der Waals surface area (Å²) in [5.74, 6) is -3.07. The average molecular weight is 460 g/mol. The van der Waals surface area contributed by atoms with Gasteiger partial charge in [0.2, 0.25) is 5.60 Å². The number of fused-ring (bicyclic) bond motifs is 4. The van der Waals surface area contributed by atoms with E-state index in [4.69, 9.17) is 14.2 Å². The van der Waals surface area contributed by atoms with E-state index in [1.165, 1.54) is 6.92 Å². The number of hydrogen-bond donors (Lipinski definition) is 3. The van der Waals surface area contributed by atoms with E-state index in [0.29, 0.717) is 6.42 Å². The van der Waals surface area contributed by atoms with Gasteiger partial charge in [-0.3, -0.25) is 4.79 Å². The Labute approximate surface area is 190 Å². The van der Waals surface area contributed by atoms with Crippen LogP contribution in [-0.4, -0.2) is 69.3 Å². The van der Waals surface area contributed by atoms with Gasteiger partial charge in [-0.2, -0.15) is 0 Å². The lowest BCUT2D eigenvalue weighted by Crippen LogP contribution is -2.82. The molecule has 2 saturated heterocycles. The van der Waals surface area contributed by atoms with E-state index in [2.05, 4.69) is 0 Å². The summed E-state index contributed by atoms with van der Waals surface area (Å²) in [4.78, 5) is 38.1. The zero-order valence-corrected chi connectivity index (χ0v) is 18.5. The molecule has 2 aliphatic carbocycles. The maximum Gasteiger partial charge on any atom is 0.342 e. The fourth-order valence-electron chi connectivity index (χ4n) is 6.97. The normalized spacial score (nSPS) is 45.6. The lowest BCUT2D eigenvalue weighted by molar-refractivity contribution is -0.334. The Hall–Kier alpha value is -2.49. The highest BCUT2D eigenvalue weighted by atomic mass is 16.6. The van der Waals surface area contributed by atoms with Gasteiger partial charge in [-0.05, 0) is 37.7 Å². The second-order valence-electron chi connectivity index (χ2n) is 10.1. The first-order chi connectivity index (χ1) is 15.5. The molecule has 1 aromatic carbocycles. The molecule has 0 amide bonds. The van der Waals surface area contributed by atoms with Crippen LogP contribution in [0.1, 0.15) is 38.7 Å². The van der Waals surface area contributed by atoms with Crippen molar-refractivity contribution in [1.82, 2.24) is 0 Å². The molecule has 3 N–H and O–H groups in total. The SMILES string of the molecule is C[C@@H]1C[C@@H](OC(=O)CCc2ccccc2)[C@@]2(O)[C@@]13C[C@@H](OC(=O)[C@@H]3O)[C@@]1(O)C(=O)OC[C@@]21C. The summed E-state index contributed by atoms with van der Waals surface area (Å²) in [5, 5.41) is 34.9. The predicted octanol–water partition coefficient (Wildman–Crippen LogP) is 0.272. The van der Waals surface area contributed by atoms with Crippen molar-refractivity contribution in [3.05, 3.63) is 35.9 Å². The molecule has 4 aliphatic rings. The number of cyclic esters (lactones) is 1. The van der Waals surface area contributed by atoms with E-state index in [9.17, 15) is 29.7 Å². The van der Waals surface area contributed by atoms with Crippen molar-refractivity contribution in [2.45, 2.75) is 69.0 Å². The number of aliphatic hydroxyl groups is 3. The number of ether oxygens (including phenoxy) is 3. The predicted molar refractivity (Wildman–Crippen MR) is 110 cm³/mol. The van der Waals surface area contributed by atoms with Crippen molar-refractivity contribution in [1.29, 1.82) is 0 Å². The van der Waals surface area contributed by atoms with Crippen molar-refractivity contribution >= 4 is 17.9 Å². The molecule has 33 heavy (non-hydrogen) atoms. The molecule has 9 nitrogen and oxygen atoms in total. The van der Waals surface area contributed by atoms with Gasteiger partial charge in [-0.25, -0.2) is 9.59 Å². The number of hydrogen-bond acceptors (Lipinski definition) is 9. The molecule has 0 radical (unpaired) electrons. The van der Waals surface area contributed by atoms with Gasteiger partial charge >= 0.3 is 17.9 Å². The highest BCUT2D eigenvalue weighted by molar-refractivity contribution is 5.87. The lowest BCUT2D eigenvalue weighted by atomic mass is 9.44. The van der Waals surface area contributed by atoms with E-state index in [1.54, 1.807) is 6.92 Å². The van der Waals surface area contributed by atoms with Crippen LogP contribution in [0, 0.1) is 16.7 Å². The molecule has 9 heteroatoms. The van der Waals surface area contributed by atoms with Gasteiger partial charge < -0.3 is 29.5 Å². The Bertz CT molecular complexity index is 1010. The molecule has 2 bridgehead atoms. The fourth-order valence-corrected chi connectivity index (χ4v) is 6.97. The van der Waals surface area contributed by atoms with Crippen molar-refractivity contribution < 1.29 is 43.9 Å². The molecule has 5 rings (SSSR count). The molecule has 0 unspecified atom stereocenters. The van der Waals surface area contributed by atoms with E-state index in [1.807, 2.05) is 30.3 Å². The Morgan fingerprint density at radius 1 is 1.21 bits per heavy atom. The summed E-state index contributed by atoms with van der Waals surface area (Å²) in [6.45, 7) is 2.85. The van der Waals surface area contributed by atoms with Crippen LogP contribution in [0.2, 0.25) is 0 Å². The highest BCUT2D eigenvalue weighted by Gasteiger charge is 2.88. The lowest BCUT2D eigenvalue weighted by Gasteiger charge is -2.64. The van der Waals surface area contributed by atoms with Crippen LogP contribution in [0.3, 0.4) is 0 Å². The van der Waals surface area contributed by atoms with Gasteiger partial charge in [0.1, 0.15) is 24.4 Å². The molecular weight excluding hydrogens is 432 g/mol. The smallest absolute Gasteiger partial charge is 0.342 e. The van der Waals surface area contributed by atoms with Crippen molar-refractivity contribution in [2.24, 2.45) is 16.7 Å². The van der Waals surface area contributed by atoms with Crippen molar-refractivity contribution in [3.8, 4) is 0 Å². The Kier molecular flexibility index (Phi) is 4.74. The van der Waals surface area contributed by atoms with Crippen LogP contribution in [0.5, 0.6) is 0 Å². The second kappa shape index (κ2) is 7.01.